The molecule has 1 amide bonds. The number of hydrogen-bond donors (Lipinski definition) is 1. The van der Waals surface area contributed by atoms with Crippen LogP contribution in [0.5, 0.6) is 0 Å². The van der Waals surface area contributed by atoms with Gasteiger partial charge < -0.3 is 14.3 Å². The van der Waals surface area contributed by atoms with Crippen LogP contribution in [0.25, 0.3) is 0 Å². The number of carbonyl (C=O) groups is 1. The quantitative estimate of drug-likeness (QED) is 0.809. The van der Waals surface area contributed by atoms with Gasteiger partial charge in [0.1, 0.15) is 5.76 Å². The van der Waals surface area contributed by atoms with Crippen molar-refractivity contribution in [3.8, 4) is 0 Å². The van der Waals surface area contributed by atoms with Crippen LogP contribution in [0.3, 0.4) is 0 Å². The van der Waals surface area contributed by atoms with E-state index in [-0.39, 0.29) is 11.9 Å². The van der Waals surface area contributed by atoms with E-state index in [9.17, 15) is 4.79 Å². The molecule has 0 aromatic carbocycles. The van der Waals surface area contributed by atoms with Crippen LogP contribution >= 0.6 is 0 Å². The van der Waals surface area contributed by atoms with Crippen molar-refractivity contribution in [2.24, 2.45) is 0 Å². The summed E-state index contributed by atoms with van der Waals surface area (Å²) in [6.07, 6.45) is 2.64. The summed E-state index contributed by atoms with van der Waals surface area (Å²) in [5, 5.41) is 6.91. The molecule has 2 aromatic heterocycles. The molecule has 1 saturated heterocycles. The fraction of sp³-hybridized carbons (Fsp3) is 0.588. The molecule has 8 heteroatoms. The third-order valence-corrected chi connectivity index (χ3v) is 4.55. The number of likely N-dealkylation sites (tertiary alicyclic amines) is 1. The highest BCUT2D eigenvalue weighted by Gasteiger charge is 2.28. The summed E-state index contributed by atoms with van der Waals surface area (Å²) in [5.74, 6) is 2.06. The van der Waals surface area contributed by atoms with Crippen molar-refractivity contribution < 1.29 is 13.7 Å². The van der Waals surface area contributed by atoms with E-state index in [1.807, 2.05) is 19.1 Å². The molecule has 2 atom stereocenters. The molecule has 0 radical (unpaired) electrons. The fourth-order valence-corrected chi connectivity index (χ4v) is 3.17. The van der Waals surface area contributed by atoms with Gasteiger partial charge in [0.05, 0.1) is 25.4 Å². The Morgan fingerprint density at radius 3 is 3.08 bits per heavy atom. The maximum Gasteiger partial charge on any atom is 0.234 e. The molecule has 1 N–H and O–H groups in total. The minimum atomic E-state index is -0.120. The number of aryl methyl sites for hydroxylation is 1. The molecule has 1 aliphatic heterocycles. The molecule has 0 aliphatic carbocycles. The van der Waals surface area contributed by atoms with E-state index in [1.54, 1.807) is 13.2 Å². The van der Waals surface area contributed by atoms with E-state index in [4.69, 9.17) is 8.94 Å². The van der Waals surface area contributed by atoms with Gasteiger partial charge in [0, 0.05) is 26.1 Å². The molecule has 3 heterocycles. The zero-order valence-electron chi connectivity index (χ0n) is 14.9. The summed E-state index contributed by atoms with van der Waals surface area (Å²) in [4.78, 5) is 20.9. The average Bonchev–Trinajstić information content (AvgIpc) is 3.28. The number of nitrogens with one attached hydrogen (secondary N) is 1. The number of rotatable bonds is 7. The van der Waals surface area contributed by atoms with E-state index in [2.05, 4.69) is 32.3 Å². The minimum absolute atomic E-state index is 0.0148. The highest BCUT2D eigenvalue weighted by molar-refractivity contribution is 5.78. The number of hydrogen-bond acceptors (Lipinski definition) is 7. The van der Waals surface area contributed by atoms with Gasteiger partial charge in [-0.3, -0.25) is 14.6 Å². The molecule has 0 bridgehead atoms. The number of nitrogens with zero attached hydrogens (tertiary/aromatic N) is 4. The summed E-state index contributed by atoms with van der Waals surface area (Å²) in [6, 6.07) is 3.95. The standard InChI is InChI=1S/C17H25N5O3/c1-12(15-5-4-8-24-15)18-17(23)11-22-7-6-14(9-22)21(3)10-16-19-13(2)25-20-16/h4-5,8,12,14H,6-7,9-11H2,1-3H3,(H,18,23)/t12-,14-/m0/s1. The molecule has 8 nitrogen and oxygen atoms in total. The Bertz CT molecular complexity index is 684. The first-order valence-corrected chi connectivity index (χ1v) is 8.56. The first-order chi connectivity index (χ1) is 12.0. The molecule has 2 aromatic rings. The Labute approximate surface area is 147 Å². The van der Waals surface area contributed by atoms with Crippen LogP contribution in [0.1, 0.15) is 36.9 Å². The highest BCUT2D eigenvalue weighted by atomic mass is 16.5. The first kappa shape index (κ1) is 17.6. The van der Waals surface area contributed by atoms with Crippen molar-refractivity contribution in [3.63, 3.8) is 0 Å². The lowest BCUT2D eigenvalue weighted by Crippen LogP contribution is -2.39. The van der Waals surface area contributed by atoms with E-state index in [0.29, 0.717) is 30.8 Å². The van der Waals surface area contributed by atoms with Crippen molar-refractivity contribution in [2.45, 2.75) is 38.9 Å². The zero-order chi connectivity index (χ0) is 17.8. The van der Waals surface area contributed by atoms with Crippen LogP contribution in [0.4, 0.5) is 0 Å². The number of furan rings is 1. The van der Waals surface area contributed by atoms with Crippen LogP contribution < -0.4 is 5.32 Å². The molecule has 136 valence electrons. The summed E-state index contributed by atoms with van der Waals surface area (Å²) in [7, 11) is 2.05. The van der Waals surface area contributed by atoms with Crippen LogP contribution in [-0.2, 0) is 11.3 Å². The minimum Gasteiger partial charge on any atom is -0.467 e. The molecule has 25 heavy (non-hydrogen) atoms. The predicted octanol–water partition coefficient (Wildman–Crippen LogP) is 1.35. The Hall–Kier alpha value is -2.19. The molecule has 0 spiro atoms. The van der Waals surface area contributed by atoms with Gasteiger partial charge in [0.2, 0.25) is 11.8 Å². The summed E-state index contributed by atoms with van der Waals surface area (Å²) in [5.41, 5.74) is 0. The van der Waals surface area contributed by atoms with E-state index in [0.717, 1.165) is 25.3 Å². The molecule has 3 rings (SSSR count). The molecular formula is C17H25N5O3. The Kier molecular flexibility index (Phi) is 5.50. The first-order valence-electron chi connectivity index (χ1n) is 8.56. The average molecular weight is 347 g/mol. The van der Waals surface area contributed by atoms with Gasteiger partial charge in [-0.2, -0.15) is 4.98 Å². The third-order valence-electron chi connectivity index (χ3n) is 4.55. The molecule has 1 fully saturated rings. The smallest absolute Gasteiger partial charge is 0.234 e. The summed E-state index contributed by atoms with van der Waals surface area (Å²) in [6.45, 7) is 6.52. The van der Waals surface area contributed by atoms with Gasteiger partial charge >= 0.3 is 0 Å². The third kappa shape index (κ3) is 4.67. The van der Waals surface area contributed by atoms with Gasteiger partial charge in [-0.15, -0.1) is 0 Å². The lowest BCUT2D eigenvalue weighted by atomic mass is 10.2. The molecule has 1 aliphatic rings. The Balaban J connectivity index is 1.43. The zero-order valence-corrected chi connectivity index (χ0v) is 14.9. The van der Waals surface area contributed by atoms with E-state index < -0.39 is 0 Å². The molecule has 0 saturated carbocycles. The maximum atomic E-state index is 12.2. The highest BCUT2D eigenvalue weighted by Crippen LogP contribution is 2.16. The van der Waals surface area contributed by atoms with Gasteiger partial charge in [-0.1, -0.05) is 5.16 Å². The number of carbonyl (C=O) groups excluding carboxylic acids is 1. The summed E-state index contributed by atoms with van der Waals surface area (Å²) >= 11 is 0. The molecule has 0 unspecified atom stereocenters. The van der Waals surface area contributed by atoms with Crippen LogP contribution in [-0.4, -0.2) is 58.6 Å². The maximum absolute atomic E-state index is 12.2. The second kappa shape index (κ2) is 7.79. The van der Waals surface area contributed by atoms with Crippen molar-refractivity contribution in [2.75, 3.05) is 26.7 Å². The van der Waals surface area contributed by atoms with Crippen LogP contribution in [0.15, 0.2) is 27.3 Å². The fourth-order valence-electron chi connectivity index (χ4n) is 3.17. The molecular weight excluding hydrogens is 322 g/mol. The largest absolute Gasteiger partial charge is 0.467 e. The monoisotopic (exact) mass is 347 g/mol. The Morgan fingerprint density at radius 1 is 1.56 bits per heavy atom. The summed E-state index contributed by atoms with van der Waals surface area (Å²) < 4.78 is 10.3. The van der Waals surface area contributed by atoms with Gasteiger partial charge in [-0.05, 0) is 32.5 Å². The van der Waals surface area contributed by atoms with Crippen LogP contribution in [0, 0.1) is 6.92 Å². The predicted molar refractivity (Wildman–Crippen MR) is 90.6 cm³/mol. The van der Waals surface area contributed by atoms with E-state index in [1.165, 1.54) is 0 Å². The number of likely N-dealkylation sites (N-methyl/N-ethyl adjacent to an activating group) is 1. The van der Waals surface area contributed by atoms with Gasteiger partial charge in [0.25, 0.3) is 0 Å². The van der Waals surface area contributed by atoms with Crippen molar-refractivity contribution >= 4 is 5.91 Å². The van der Waals surface area contributed by atoms with Crippen LogP contribution in [0.2, 0.25) is 0 Å². The topological polar surface area (TPSA) is 87.6 Å². The number of aromatic nitrogens is 2. The second-order valence-corrected chi connectivity index (χ2v) is 6.63. The number of amides is 1. The van der Waals surface area contributed by atoms with Crippen molar-refractivity contribution in [1.29, 1.82) is 0 Å². The SMILES string of the molecule is Cc1nc(CN(C)[C@H]2CCN(CC(=O)N[C@@H](C)c3ccco3)C2)no1. The van der Waals surface area contributed by atoms with Crippen molar-refractivity contribution in [3.05, 3.63) is 35.9 Å². The van der Waals surface area contributed by atoms with E-state index >= 15 is 0 Å². The van der Waals surface area contributed by atoms with Crippen molar-refractivity contribution in [1.82, 2.24) is 25.3 Å². The lowest BCUT2D eigenvalue weighted by Gasteiger charge is -2.23. The van der Waals surface area contributed by atoms with Gasteiger partial charge in [0.15, 0.2) is 5.82 Å². The second-order valence-electron chi connectivity index (χ2n) is 6.63. The lowest BCUT2D eigenvalue weighted by molar-refractivity contribution is -0.122. The normalized spacial score (nSPS) is 19.4. The van der Waals surface area contributed by atoms with Gasteiger partial charge in [-0.25, -0.2) is 0 Å². The Morgan fingerprint density at radius 2 is 2.40 bits per heavy atom.